The minimum absolute atomic E-state index is 0.136. The van der Waals surface area contributed by atoms with Crippen molar-refractivity contribution in [1.29, 1.82) is 0 Å². The molecule has 28 heavy (non-hydrogen) atoms. The van der Waals surface area contributed by atoms with Gasteiger partial charge in [0, 0.05) is 24.9 Å². The monoisotopic (exact) mass is 416 g/mol. The molecule has 154 valence electrons. The summed E-state index contributed by atoms with van der Waals surface area (Å²) in [5.41, 5.74) is -0.154. The molecule has 3 N–H and O–H groups in total. The third kappa shape index (κ3) is 6.68. The van der Waals surface area contributed by atoms with Crippen molar-refractivity contribution in [3.05, 3.63) is 45.9 Å². The zero-order valence-corrected chi connectivity index (χ0v) is 16.4. The number of aromatic nitrogens is 1. The van der Waals surface area contributed by atoms with Crippen molar-refractivity contribution in [3.63, 3.8) is 0 Å². The first-order valence-corrected chi connectivity index (χ1v) is 9.57. The highest BCUT2D eigenvalue weighted by Gasteiger charge is 2.33. The Morgan fingerprint density at radius 1 is 1.29 bits per heavy atom. The average molecular weight is 416 g/mol. The lowest BCUT2D eigenvalue weighted by Crippen LogP contribution is -2.38. The Labute approximate surface area is 165 Å². The number of thiazole rings is 1. The van der Waals surface area contributed by atoms with E-state index in [4.69, 9.17) is 4.74 Å². The van der Waals surface area contributed by atoms with E-state index in [9.17, 15) is 18.3 Å². The molecule has 1 atom stereocenters. The summed E-state index contributed by atoms with van der Waals surface area (Å²) in [6, 6.07) is 7.05. The van der Waals surface area contributed by atoms with Gasteiger partial charge in [0.25, 0.3) is 0 Å². The normalized spacial score (nSPS) is 13.3. The van der Waals surface area contributed by atoms with Gasteiger partial charge in [0.2, 0.25) is 0 Å². The highest BCUT2D eigenvalue weighted by molar-refractivity contribution is 7.09. The number of methoxy groups -OCH3 is 1. The molecule has 0 aliphatic carbocycles. The summed E-state index contributed by atoms with van der Waals surface area (Å²) in [6.07, 6.45) is -4.86. The van der Waals surface area contributed by atoms with Gasteiger partial charge in [-0.25, -0.2) is 4.98 Å². The minimum Gasteiger partial charge on any atom is -0.497 e. The molecular weight excluding hydrogens is 393 g/mol. The number of hydrogen-bond acceptors (Lipinski definition) is 5. The fourth-order valence-corrected chi connectivity index (χ4v) is 3.10. The van der Waals surface area contributed by atoms with Crippen LogP contribution in [0.25, 0.3) is 0 Å². The van der Waals surface area contributed by atoms with Crippen molar-refractivity contribution in [3.8, 4) is 5.75 Å². The maximum absolute atomic E-state index is 12.6. The molecule has 2 aromatic rings. The number of alkyl halides is 3. The van der Waals surface area contributed by atoms with E-state index in [-0.39, 0.29) is 6.54 Å². The van der Waals surface area contributed by atoms with E-state index >= 15 is 0 Å². The van der Waals surface area contributed by atoms with Crippen LogP contribution in [0.15, 0.2) is 34.6 Å². The van der Waals surface area contributed by atoms with Crippen molar-refractivity contribution in [2.45, 2.75) is 25.6 Å². The SMILES string of the molecule is CCNC(=NCC(O)c1ccc(OC)cc1)NCCc1nc(C(F)(F)F)cs1. The predicted molar refractivity (Wildman–Crippen MR) is 103 cm³/mol. The highest BCUT2D eigenvalue weighted by atomic mass is 32.1. The molecule has 0 aliphatic heterocycles. The molecule has 0 fully saturated rings. The van der Waals surface area contributed by atoms with Crippen LogP contribution in [0.5, 0.6) is 5.75 Å². The predicted octanol–water partition coefficient (Wildman–Crippen LogP) is 3.00. The van der Waals surface area contributed by atoms with Crippen LogP contribution in [-0.4, -0.2) is 42.8 Å². The third-order valence-electron chi connectivity index (χ3n) is 3.74. The lowest BCUT2D eigenvalue weighted by molar-refractivity contribution is -0.140. The third-order valence-corrected chi connectivity index (χ3v) is 4.65. The fraction of sp³-hybridized carbons (Fsp3) is 0.444. The van der Waals surface area contributed by atoms with Gasteiger partial charge in [-0.15, -0.1) is 11.3 Å². The summed E-state index contributed by atoms with van der Waals surface area (Å²) >= 11 is 0.978. The Kier molecular flexibility index (Phi) is 8.06. The van der Waals surface area contributed by atoms with Gasteiger partial charge < -0.3 is 20.5 Å². The van der Waals surface area contributed by atoms with Crippen molar-refractivity contribution in [2.24, 2.45) is 4.99 Å². The van der Waals surface area contributed by atoms with Crippen LogP contribution in [-0.2, 0) is 12.6 Å². The number of aliphatic imine (C=N–C) groups is 1. The highest BCUT2D eigenvalue weighted by Crippen LogP contribution is 2.30. The van der Waals surface area contributed by atoms with Crippen LogP contribution in [0, 0.1) is 0 Å². The molecule has 0 aliphatic rings. The number of aliphatic hydroxyl groups excluding tert-OH is 1. The summed E-state index contributed by atoms with van der Waals surface area (Å²) in [4.78, 5) is 7.92. The molecule has 1 aromatic heterocycles. The van der Waals surface area contributed by atoms with E-state index in [1.54, 1.807) is 31.4 Å². The quantitative estimate of drug-likeness (QED) is 0.456. The largest absolute Gasteiger partial charge is 0.497 e. The standard InChI is InChI=1S/C18H23F3N4O2S/c1-3-22-17(23-9-8-16-25-15(11-28-16)18(19,20)21)24-10-14(26)12-4-6-13(27-2)7-5-12/h4-7,11,14,26H,3,8-10H2,1-2H3,(H2,22,23,24). The minimum atomic E-state index is -4.42. The number of aliphatic hydroxyl groups is 1. The second kappa shape index (κ2) is 10.3. The van der Waals surface area contributed by atoms with Crippen LogP contribution < -0.4 is 15.4 Å². The van der Waals surface area contributed by atoms with Crippen LogP contribution in [0.3, 0.4) is 0 Å². The van der Waals surface area contributed by atoms with Gasteiger partial charge in [-0.1, -0.05) is 12.1 Å². The van der Waals surface area contributed by atoms with E-state index in [1.807, 2.05) is 6.92 Å². The lowest BCUT2D eigenvalue weighted by Gasteiger charge is -2.13. The maximum atomic E-state index is 12.6. The molecule has 0 spiro atoms. The molecule has 0 saturated heterocycles. The number of nitrogens with zero attached hydrogens (tertiary/aromatic N) is 2. The number of rotatable bonds is 8. The molecule has 1 unspecified atom stereocenters. The molecule has 0 bridgehead atoms. The van der Waals surface area contributed by atoms with Gasteiger partial charge in [-0.3, -0.25) is 4.99 Å². The number of guanidine groups is 1. The first kappa shape index (κ1) is 22.0. The summed E-state index contributed by atoms with van der Waals surface area (Å²) in [5, 5.41) is 17.7. The summed E-state index contributed by atoms with van der Waals surface area (Å²) in [5.74, 6) is 1.17. The Balaban J connectivity index is 1.88. The Morgan fingerprint density at radius 3 is 2.57 bits per heavy atom. The lowest BCUT2D eigenvalue weighted by atomic mass is 10.1. The van der Waals surface area contributed by atoms with Gasteiger partial charge >= 0.3 is 6.18 Å². The van der Waals surface area contributed by atoms with Crippen molar-refractivity contribution < 1.29 is 23.0 Å². The molecule has 6 nitrogen and oxygen atoms in total. The number of hydrogen-bond donors (Lipinski definition) is 3. The molecular formula is C18H23F3N4O2S. The van der Waals surface area contributed by atoms with E-state index in [1.165, 1.54) is 0 Å². The van der Waals surface area contributed by atoms with Crippen LogP contribution in [0.4, 0.5) is 13.2 Å². The molecule has 0 amide bonds. The number of halogens is 3. The van der Waals surface area contributed by atoms with Crippen molar-refractivity contribution in [1.82, 2.24) is 15.6 Å². The summed E-state index contributed by atoms with van der Waals surface area (Å²) in [6.45, 7) is 3.01. The van der Waals surface area contributed by atoms with E-state index in [0.29, 0.717) is 41.8 Å². The Morgan fingerprint density at radius 2 is 2.00 bits per heavy atom. The van der Waals surface area contributed by atoms with E-state index in [2.05, 4.69) is 20.6 Å². The van der Waals surface area contributed by atoms with Crippen molar-refractivity contribution in [2.75, 3.05) is 26.7 Å². The number of nitrogens with one attached hydrogen (secondary N) is 2. The summed E-state index contributed by atoms with van der Waals surface area (Å²) in [7, 11) is 1.57. The second-order valence-electron chi connectivity index (χ2n) is 5.81. The molecule has 0 radical (unpaired) electrons. The van der Waals surface area contributed by atoms with Gasteiger partial charge in [-0.2, -0.15) is 13.2 Å². The van der Waals surface area contributed by atoms with Crippen molar-refractivity contribution >= 4 is 17.3 Å². The molecule has 1 heterocycles. The van der Waals surface area contributed by atoms with E-state index < -0.39 is 18.0 Å². The maximum Gasteiger partial charge on any atom is 0.434 e. The average Bonchev–Trinajstić information content (AvgIpc) is 3.15. The van der Waals surface area contributed by atoms with Gasteiger partial charge in [-0.05, 0) is 24.6 Å². The molecule has 2 rings (SSSR count). The number of ether oxygens (including phenoxy) is 1. The zero-order valence-electron chi connectivity index (χ0n) is 15.6. The Hall–Kier alpha value is -2.33. The van der Waals surface area contributed by atoms with Gasteiger partial charge in [0.05, 0.1) is 24.8 Å². The zero-order chi connectivity index (χ0) is 20.6. The van der Waals surface area contributed by atoms with Crippen LogP contribution in [0.1, 0.15) is 29.3 Å². The molecule has 10 heteroatoms. The molecule has 1 aromatic carbocycles. The Bertz CT molecular complexity index is 763. The van der Waals surface area contributed by atoms with Gasteiger partial charge in [0.1, 0.15) is 5.75 Å². The first-order valence-electron chi connectivity index (χ1n) is 8.69. The fourth-order valence-electron chi connectivity index (χ4n) is 2.29. The smallest absolute Gasteiger partial charge is 0.434 e. The van der Waals surface area contributed by atoms with Crippen LogP contribution in [0.2, 0.25) is 0 Å². The number of benzene rings is 1. The summed E-state index contributed by atoms with van der Waals surface area (Å²) < 4.78 is 42.8. The second-order valence-corrected chi connectivity index (χ2v) is 6.75. The van der Waals surface area contributed by atoms with Crippen LogP contribution >= 0.6 is 11.3 Å². The van der Waals surface area contributed by atoms with Gasteiger partial charge in [0.15, 0.2) is 11.7 Å². The molecule has 0 saturated carbocycles. The first-order chi connectivity index (χ1) is 13.3. The topological polar surface area (TPSA) is 78.8 Å². The van der Waals surface area contributed by atoms with E-state index in [0.717, 1.165) is 16.7 Å².